The van der Waals surface area contributed by atoms with E-state index in [1.165, 1.54) is 23.1 Å². The number of halogens is 5. The fourth-order valence-corrected chi connectivity index (χ4v) is 3.56. The second kappa shape index (κ2) is 10.3. The van der Waals surface area contributed by atoms with Gasteiger partial charge < -0.3 is 19.3 Å². The average Bonchev–Trinajstić information content (AvgIpc) is 2.76. The average molecular weight is 491 g/mol. The van der Waals surface area contributed by atoms with Gasteiger partial charge in [-0.3, -0.25) is 4.79 Å². The van der Waals surface area contributed by atoms with Crippen molar-refractivity contribution in [2.75, 3.05) is 44.3 Å². The van der Waals surface area contributed by atoms with Crippen LogP contribution in [0.4, 0.5) is 18.9 Å². The Bertz CT molecular complexity index is 980. The number of hydrogen-bond acceptors (Lipinski definition) is 5. The van der Waals surface area contributed by atoms with E-state index in [9.17, 15) is 22.8 Å². The topological polar surface area (TPSA) is 59.1 Å². The van der Waals surface area contributed by atoms with E-state index in [2.05, 4.69) is 0 Å². The third kappa shape index (κ3) is 6.43. The van der Waals surface area contributed by atoms with E-state index >= 15 is 0 Å². The van der Waals surface area contributed by atoms with Crippen molar-refractivity contribution in [1.29, 1.82) is 0 Å². The highest BCUT2D eigenvalue weighted by Gasteiger charge is 2.31. The predicted molar refractivity (Wildman–Crippen MR) is 113 cm³/mol. The van der Waals surface area contributed by atoms with Crippen LogP contribution in [0, 0.1) is 0 Å². The number of ether oxygens (including phenoxy) is 2. The van der Waals surface area contributed by atoms with E-state index in [1.807, 2.05) is 0 Å². The molecule has 0 N–H and O–H groups in total. The SMILES string of the molecule is O=C(COc1ccc(Cl)cc1Cl)OCC(=O)N1CCN(c2cccc(C(F)(F)F)c2)CC1. The van der Waals surface area contributed by atoms with Crippen LogP contribution in [-0.2, 0) is 20.5 Å². The Balaban J connectivity index is 1.43. The van der Waals surface area contributed by atoms with Gasteiger partial charge in [-0.1, -0.05) is 29.3 Å². The number of nitrogens with zero attached hydrogens (tertiary/aromatic N) is 2. The van der Waals surface area contributed by atoms with Gasteiger partial charge in [0.2, 0.25) is 0 Å². The summed E-state index contributed by atoms with van der Waals surface area (Å²) >= 11 is 11.7. The van der Waals surface area contributed by atoms with Gasteiger partial charge in [0.05, 0.1) is 10.6 Å². The van der Waals surface area contributed by atoms with Crippen LogP contribution < -0.4 is 9.64 Å². The number of anilines is 1. The maximum Gasteiger partial charge on any atom is 0.416 e. The maximum absolute atomic E-state index is 12.9. The molecule has 0 bridgehead atoms. The molecule has 1 amide bonds. The summed E-state index contributed by atoms with van der Waals surface area (Å²) in [6, 6.07) is 9.58. The minimum Gasteiger partial charge on any atom is -0.480 e. The molecular weight excluding hydrogens is 472 g/mol. The minimum atomic E-state index is -4.42. The molecule has 1 aliphatic heterocycles. The molecule has 3 rings (SSSR count). The minimum absolute atomic E-state index is 0.236. The number of esters is 1. The standard InChI is InChI=1S/C21H19Cl2F3N2O4/c22-15-4-5-18(17(23)11-15)31-13-20(30)32-12-19(29)28-8-6-27(7-9-28)16-3-1-2-14(10-16)21(24,25)26/h1-5,10-11H,6-9,12-13H2. The highest BCUT2D eigenvalue weighted by atomic mass is 35.5. The molecule has 0 aromatic heterocycles. The zero-order valence-electron chi connectivity index (χ0n) is 16.7. The summed E-state index contributed by atoms with van der Waals surface area (Å²) in [5, 5.41) is 0.656. The largest absolute Gasteiger partial charge is 0.480 e. The molecule has 0 aliphatic carbocycles. The molecule has 1 fully saturated rings. The summed E-state index contributed by atoms with van der Waals surface area (Å²) in [7, 11) is 0. The number of piperazine rings is 1. The molecule has 0 atom stereocenters. The zero-order valence-corrected chi connectivity index (χ0v) is 18.2. The number of benzene rings is 2. The summed E-state index contributed by atoms with van der Waals surface area (Å²) in [6.45, 7) is 0.420. The van der Waals surface area contributed by atoms with Crippen LogP contribution in [0.25, 0.3) is 0 Å². The van der Waals surface area contributed by atoms with Crippen molar-refractivity contribution >= 4 is 40.8 Å². The Morgan fingerprint density at radius 2 is 1.69 bits per heavy atom. The molecule has 6 nitrogen and oxygen atoms in total. The van der Waals surface area contributed by atoms with E-state index in [0.717, 1.165) is 12.1 Å². The highest BCUT2D eigenvalue weighted by molar-refractivity contribution is 6.35. The first-order valence-electron chi connectivity index (χ1n) is 9.57. The zero-order chi connectivity index (χ0) is 23.3. The maximum atomic E-state index is 12.9. The molecule has 1 saturated heterocycles. The summed E-state index contributed by atoms with van der Waals surface area (Å²) in [6.07, 6.45) is -4.42. The van der Waals surface area contributed by atoms with E-state index in [0.29, 0.717) is 36.9 Å². The molecule has 1 heterocycles. The Morgan fingerprint density at radius 3 is 2.34 bits per heavy atom. The van der Waals surface area contributed by atoms with Gasteiger partial charge in [-0.15, -0.1) is 0 Å². The molecule has 2 aromatic carbocycles. The second-order valence-electron chi connectivity index (χ2n) is 6.94. The molecule has 2 aromatic rings. The summed E-state index contributed by atoms with van der Waals surface area (Å²) in [5.41, 5.74) is -0.279. The quantitative estimate of drug-likeness (QED) is 0.565. The molecule has 0 radical (unpaired) electrons. The number of alkyl halides is 3. The predicted octanol–water partition coefficient (Wildman–Crippen LogP) is 4.28. The Labute approximate surface area is 192 Å². The van der Waals surface area contributed by atoms with Crippen molar-refractivity contribution in [3.63, 3.8) is 0 Å². The van der Waals surface area contributed by atoms with Crippen molar-refractivity contribution in [3.05, 3.63) is 58.1 Å². The van der Waals surface area contributed by atoms with Crippen molar-refractivity contribution < 1.29 is 32.2 Å². The molecular formula is C21H19Cl2F3N2O4. The fraction of sp³-hybridized carbons (Fsp3) is 0.333. The molecule has 0 spiro atoms. The van der Waals surface area contributed by atoms with E-state index in [-0.39, 0.29) is 10.8 Å². The number of amides is 1. The Morgan fingerprint density at radius 1 is 0.969 bits per heavy atom. The number of hydrogen-bond donors (Lipinski definition) is 0. The van der Waals surface area contributed by atoms with Crippen LogP contribution in [0.5, 0.6) is 5.75 Å². The smallest absolute Gasteiger partial charge is 0.416 e. The van der Waals surface area contributed by atoms with E-state index < -0.39 is 36.8 Å². The van der Waals surface area contributed by atoms with Gasteiger partial charge in [0.25, 0.3) is 5.91 Å². The first kappa shape index (κ1) is 24.0. The number of carbonyl (C=O) groups excluding carboxylic acids is 2. The Hall–Kier alpha value is -2.65. The van der Waals surface area contributed by atoms with E-state index in [4.69, 9.17) is 32.7 Å². The molecule has 32 heavy (non-hydrogen) atoms. The molecule has 0 saturated carbocycles. The fourth-order valence-electron chi connectivity index (χ4n) is 3.10. The van der Waals surface area contributed by atoms with Crippen molar-refractivity contribution in [2.45, 2.75) is 6.18 Å². The van der Waals surface area contributed by atoms with Crippen molar-refractivity contribution in [3.8, 4) is 5.75 Å². The molecule has 11 heteroatoms. The van der Waals surface area contributed by atoms with Crippen molar-refractivity contribution in [1.82, 2.24) is 4.90 Å². The van der Waals surface area contributed by atoms with Crippen LogP contribution in [-0.4, -0.2) is 56.2 Å². The van der Waals surface area contributed by atoms with E-state index in [1.54, 1.807) is 17.0 Å². The van der Waals surface area contributed by atoms with Gasteiger partial charge in [0.15, 0.2) is 13.2 Å². The number of carbonyl (C=O) groups is 2. The van der Waals surface area contributed by atoms with Crippen LogP contribution in [0.2, 0.25) is 10.0 Å². The van der Waals surface area contributed by atoms with Gasteiger partial charge in [0, 0.05) is 36.9 Å². The number of rotatable bonds is 6. The Kier molecular flexibility index (Phi) is 7.73. The van der Waals surface area contributed by atoms with Gasteiger partial charge >= 0.3 is 12.1 Å². The third-order valence-corrected chi connectivity index (χ3v) is 5.30. The summed E-state index contributed by atoms with van der Waals surface area (Å²) < 4.78 is 48.9. The lowest BCUT2D eigenvalue weighted by Crippen LogP contribution is -2.50. The van der Waals surface area contributed by atoms with Crippen LogP contribution in [0.3, 0.4) is 0 Å². The van der Waals surface area contributed by atoms with Crippen LogP contribution >= 0.6 is 23.2 Å². The summed E-state index contributed by atoms with van der Waals surface area (Å²) in [5.74, 6) is -0.886. The monoisotopic (exact) mass is 490 g/mol. The van der Waals surface area contributed by atoms with Crippen molar-refractivity contribution in [2.24, 2.45) is 0 Å². The molecule has 0 unspecified atom stereocenters. The van der Waals surface area contributed by atoms with Gasteiger partial charge in [-0.05, 0) is 36.4 Å². The van der Waals surface area contributed by atoms with Gasteiger partial charge in [0.1, 0.15) is 5.75 Å². The van der Waals surface area contributed by atoms with Gasteiger partial charge in [-0.25, -0.2) is 4.79 Å². The second-order valence-corrected chi connectivity index (χ2v) is 7.78. The highest BCUT2D eigenvalue weighted by Crippen LogP contribution is 2.32. The lowest BCUT2D eigenvalue weighted by molar-refractivity contribution is -0.153. The van der Waals surface area contributed by atoms with Crippen LogP contribution in [0.1, 0.15) is 5.56 Å². The lowest BCUT2D eigenvalue weighted by atomic mass is 10.1. The first-order valence-corrected chi connectivity index (χ1v) is 10.3. The van der Waals surface area contributed by atoms with Crippen LogP contribution in [0.15, 0.2) is 42.5 Å². The summed E-state index contributed by atoms with van der Waals surface area (Å²) in [4.78, 5) is 27.4. The first-order chi connectivity index (χ1) is 15.1. The molecule has 1 aliphatic rings. The molecule has 172 valence electrons. The third-order valence-electron chi connectivity index (χ3n) is 4.77. The lowest BCUT2D eigenvalue weighted by Gasteiger charge is -2.36. The van der Waals surface area contributed by atoms with Gasteiger partial charge in [-0.2, -0.15) is 13.2 Å². The normalized spacial score (nSPS) is 14.3.